The molecule has 0 aliphatic carbocycles. The second-order valence-corrected chi connectivity index (χ2v) is 4.48. The summed E-state index contributed by atoms with van der Waals surface area (Å²) in [4.78, 5) is 22.8. The third-order valence-electron chi connectivity index (χ3n) is 2.82. The molecule has 6 heteroatoms. The van der Waals surface area contributed by atoms with Gasteiger partial charge in [0.1, 0.15) is 0 Å². The molecule has 0 aliphatic rings. The van der Waals surface area contributed by atoms with Crippen molar-refractivity contribution < 1.29 is 14.3 Å². The molecular formula is C15H23ClN2O3. The van der Waals surface area contributed by atoms with E-state index >= 15 is 0 Å². The van der Waals surface area contributed by atoms with Gasteiger partial charge in [-0.2, -0.15) is 0 Å². The quantitative estimate of drug-likeness (QED) is 0.567. The summed E-state index contributed by atoms with van der Waals surface area (Å²) in [5.74, 6) is -0.340. The summed E-state index contributed by atoms with van der Waals surface area (Å²) in [5, 5.41) is 2.75. The van der Waals surface area contributed by atoms with Crippen LogP contribution in [0.4, 0.5) is 0 Å². The number of carbonyl (C=O) groups is 2. The van der Waals surface area contributed by atoms with Crippen molar-refractivity contribution in [1.29, 1.82) is 0 Å². The standard InChI is InChI=1S/C15H22N2O3.ClH/c1-2-20-15(19)9-6-10-17-14(18)11-13(16)12-7-4-3-5-8-12;/h3-5,7-8,13H,2,6,9-11,16H2,1H3,(H,17,18);1H. The minimum Gasteiger partial charge on any atom is -0.466 e. The molecule has 0 spiro atoms. The Balaban J connectivity index is 0.00000400. The first kappa shape index (κ1) is 19.4. The van der Waals surface area contributed by atoms with Crippen LogP contribution < -0.4 is 11.1 Å². The van der Waals surface area contributed by atoms with E-state index in [2.05, 4.69) is 5.32 Å². The highest BCUT2D eigenvalue weighted by atomic mass is 35.5. The van der Waals surface area contributed by atoms with Gasteiger partial charge in [0.05, 0.1) is 6.61 Å². The fraction of sp³-hybridized carbons (Fsp3) is 0.467. The van der Waals surface area contributed by atoms with Crippen LogP contribution in [0, 0.1) is 0 Å². The Kier molecular flexibility index (Phi) is 10.3. The van der Waals surface area contributed by atoms with Crippen LogP contribution in [0.15, 0.2) is 30.3 Å². The first-order valence-corrected chi connectivity index (χ1v) is 6.86. The van der Waals surface area contributed by atoms with Gasteiger partial charge in [-0.15, -0.1) is 12.4 Å². The molecule has 1 aromatic carbocycles. The normalized spacial score (nSPS) is 11.1. The smallest absolute Gasteiger partial charge is 0.305 e. The van der Waals surface area contributed by atoms with Gasteiger partial charge in [0.2, 0.25) is 5.91 Å². The van der Waals surface area contributed by atoms with Gasteiger partial charge in [-0.1, -0.05) is 30.3 Å². The SMILES string of the molecule is CCOC(=O)CCCNC(=O)CC(N)c1ccccc1.Cl. The number of hydrogen-bond donors (Lipinski definition) is 2. The number of amides is 1. The topological polar surface area (TPSA) is 81.4 Å². The Bertz CT molecular complexity index is 426. The molecule has 1 atom stereocenters. The maximum atomic E-state index is 11.7. The molecule has 0 saturated carbocycles. The van der Waals surface area contributed by atoms with Crippen molar-refractivity contribution in [3.8, 4) is 0 Å². The van der Waals surface area contributed by atoms with E-state index < -0.39 is 0 Å². The Labute approximate surface area is 131 Å². The van der Waals surface area contributed by atoms with Crippen LogP contribution in [-0.2, 0) is 14.3 Å². The maximum Gasteiger partial charge on any atom is 0.305 e. The predicted octanol–water partition coefficient (Wildman–Crippen LogP) is 1.96. The molecule has 1 unspecified atom stereocenters. The van der Waals surface area contributed by atoms with E-state index in [4.69, 9.17) is 10.5 Å². The summed E-state index contributed by atoms with van der Waals surface area (Å²) >= 11 is 0. The monoisotopic (exact) mass is 314 g/mol. The predicted molar refractivity (Wildman–Crippen MR) is 84.1 cm³/mol. The molecule has 1 aromatic rings. The van der Waals surface area contributed by atoms with Crippen LogP contribution >= 0.6 is 12.4 Å². The largest absolute Gasteiger partial charge is 0.466 e. The van der Waals surface area contributed by atoms with E-state index in [0.717, 1.165) is 5.56 Å². The molecule has 0 radical (unpaired) electrons. The number of ether oxygens (including phenoxy) is 1. The summed E-state index contributed by atoms with van der Waals surface area (Å²) in [6.45, 7) is 2.61. The Hall–Kier alpha value is -1.59. The van der Waals surface area contributed by atoms with Crippen molar-refractivity contribution in [2.24, 2.45) is 5.73 Å². The van der Waals surface area contributed by atoms with Crippen LogP contribution in [0.3, 0.4) is 0 Å². The van der Waals surface area contributed by atoms with Crippen molar-refractivity contribution in [3.05, 3.63) is 35.9 Å². The molecule has 0 aromatic heterocycles. The van der Waals surface area contributed by atoms with Crippen molar-refractivity contribution in [2.45, 2.75) is 32.2 Å². The average Bonchev–Trinajstić information content (AvgIpc) is 2.45. The summed E-state index contributed by atoms with van der Waals surface area (Å²) in [6.07, 6.45) is 1.13. The minimum atomic E-state index is -0.304. The molecular weight excluding hydrogens is 292 g/mol. The van der Waals surface area contributed by atoms with Crippen LogP contribution in [-0.4, -0.2) is 25.0 Å². The Morgan fingerprint density at radius 3 is 2.57 bits per heavy atom. The average molecular weight is 315 g/mol. The van der Waals surface area contributed by atoms with Crippen LogP contribution in [0.2, 0.25) is 0 Å². The molecule has 3 N–H and O–H groups in total. The molecule has 5 nitrogen and oxygen atoms in total. The van der Waals surface area contributed by atoms with Gasteiger partial charge in [-0.05, 0) is 18.9 Å². The Morgan fingerprint density at radius 1 is 1.29 bits per heavy atom. The van der Waals surface area contributed by atoms with Gasteiger partial charge >= 0.3 is 5.97 Å². The summed E-state index contributed by atoms with van der Waals surface area (Å²) in [6, 6.07) is 9.20. The van der Waals surface area contributed by atoms with Gasteiger partial charge in [-0.25, -0.2) is 0 Å². The Morgan fingerprint density at radius 2 is 1.95 bits per heavy atom. The van der Waals surface area contributed by atoms with E-state index in [1.807, 2.05) is 30.3 Å². The van der Waals surface area contributed by atoms with E-state index in [1.165, 1.54) is 0 Å². The molecule has 0 fully saturated rings. The fourth-order valence-electron chi connectivity index (χ4n) is 1.78. The summed E-state index contributed by atoms with van der Waals surface area (Å²) < 4.78 is 4.80. The first-order valence-electron chi connectivity index (χ1n) is 6.86. The van der Waals surface area contributed by atoms with Crippen LogP contribution in [0.1, 0.15) is 37.8 Å². The number of esters is 1. The number of nitrogens with two attached hydrogens (primary N) is 1. The number of benzene rings is 1. The molecule has 1 rings (SSSR count). The lowest BCUT2D eigenvalue weighted by atomic mass is 10.0. The van der Waals surface area contributed by atoms with Crippen molar-refractivity contribution >= 4 is 24.3 Å². The molecule has 118 valence electrons. The number of rotatable bonds is 8. The zero-order valence-corrected chi connectivity index (χ0v) is 13.0. The highest BCUT2D eigenvalue weighted by molar-refractivity contribution is 5.85. The lowest BCUT2D eigenvalue weighted by Crippen LogP contribution is -2.28. The second-order valence-electron chi connectivity index (χ2n) is 4.48. The highest BCUT2D eigenvalue weighted by Crippen LogP contribution is 2.12. The highest BCUT2D eigenvalue weighted by Gasteiger charge is 2.11. The summed E-state index contributed by atoms with van der Waals surface area (Å²) in [7, 11) is 0. The minimum absolute atomic E-state index is 0. The van der Waals surface area contributed by atoms with Crippen molar-refractivity contribution in [1.82, 2.24) is 5.32 Å². The molecule has 0 aliphatic heterocycles. The lowest BCUT2D eigenvalue weighted by Gasteiger charge is -2.12. The second kappa shape index (κ2) is 11.1. The van der Waals surface area contributed by atoms with Crippen LogP contribution in [0.5, 0.6) is 0 Å². The van der Waals surface area contributed by atoms with Gasteiger partial charge in [0, 0.05) is 25.4 Å². The molecule has 0 bridgehead atoms. The molecule has 0 saturated heterocycles. The molecule has 0 heterocycles. The maximum absolute atomic E-state index is 11.7. The number of halogens is 1. The fourth-order valence-corrected chi connectivity index (χ4v) is 1.78. The van der Waals surface area contributed by atoms with E-state index in [-0.39, 0.29) is 36.7 Å². The van der Waals surface area contributed by atoms with Gasteiger partial charge < -0.3 is 15.8 Å². The van der Waals surface area contributed by atoms with Gasteiger partial charge in [-0.3, -0.25) is 9.59 Å². The van der Waals surface area contributed by atoms with Gasteiger partial charge in [0.15, 0.2) is 0 Å². The van der Waals surface area contributed by atoms with E-state index in [0.29, 0.717) is 26.0 Å². The number of hydrogen-bond acceptors (Lipinski definition) is 4. The van der Waals surface area contributed by atoms with Crippen molar-refractivity contribution in [2.75, 3.05) is 13.2 Å². The summed E-state index contributed by atoms with van der Waals surface area (Å²) in [5.41, 5.74) is 6.89. The number of nitrogens with one attached hydrogen (secondary N) is 1. The first-order chi connectivity index (χ1) is 9.63. The molecule has 1 amide bonds. The third-order valence-corrected chi connectivity index (χ3v) is 2.82. The zero-order chi connectivity index (χ0) is 14.8. The van der Waals surface area contributed by atoms with Gasteiger partial charge in [0.25, 0.3) is 0 Å². The number of carbonyl (C=O) groups excluding carboxylic acids is 2. The van der Waals surface area contributed by atoms with E-state index in [1.54, 1.807) is 6.92 Å². The molecule has 21 heavy (non-hydrogen) atoms. The van der Waals surface area contributed by atoms with Crippen molar-refractivity contribution in [3.63, 3.8) is 0 Å². The zero-order valence-electron chi connectivity index (χ0n) is 12.2. The van der Waals surface area contributed by atoms with Crippen LogP contribution in [0.25, 0.3) is 0 Å². The third kappa shape index (κ3) is 8.32. The van der Waals surface area contributed by atoms with E-state index in [9.17, 15) is 9.59 Å². The lowest BCUT2D eigenvalue weighted by molar-refractivity contribution is -0.143.